The van der Waals surface area contributed by atoms with E-state index in [1.54, 1.807) is 17.9 Å². The van der Waals surface area contributed by atoms with Gasteiger partial charge in [0.05, 0.1) is 5.69 Å². The number of alkyl halides is 3. The van der Waals surface area contributed by atoms with Crippen LogP contribution in [0.5, 0.6) is 0 Å². The summed E-state index contributed by atoms with van der Waals surface area (Å²) in [4.78, 5) is 0. The molecule has 1 aromatic heterocycles. The molecule has 0 atom stereocenters. The van der Waals surface area contributed by atoms with Gasteiger partial charge in [-0.1, -0.05) is 5.21 Å². The summed E-state index contributed by atoms with van der Waals surface area (Å²) >= 11 is 0. The van der Waals surface area contributed by atoms with Crippen molar-refractivity contribution in [1.29, 1.82) is 0 Å². The lowest BCUT2D eigenvalue weighted by Gasteiger charge is -2.06. The van der Waals surface area contributed by atoms with Crippen molar-refractivity contribution in [3.63, 3.8) is 0 Å². The highest BCUT2D eigenvalue weighted by Gasteiger charge is 2.27. The molecular formula is C9H15F3N4O. The summed E-state index contributed by atoms with van der Waals surface area (Å²) in [5.74, 6) is 0. The van der Waals surface area contributed by atoms with Crippen molar-refractivity contribution in [2.24, 2.45) is 0 Å². The van der Waals surface area contributed by atoms with Crippen LogP contribution in [0.1, 0.15) is 12.1 Å². The zero-order valence-electron chi connectivity index (χ0n) is 9.50. The van der Waals surface area contributed by atoms with E-state index in [1.807, 2.05) is 0 Å². The van der Waals surface area contributed by atoms with E-state index >= 15 is 0 Å². The molecule has 0 amide bonds. The van der Waals surface area contributed by atoms with Crippen molar-refractivity contribution in [2.75, 3.05) is 20.3 Å². The normalized spacial score (nSPS) is 12.0. The van der Waals surface area contributed by atoms with Gasteiger partial charge >= 0.3 is 6.18 Å². The Hall–Kier alpha value is -1.15. The van der Waals surface area contributed by atoms with Crippen LogP contribution in [0.15, 0.2) is 6.20 Å². The lowest BCUT2D eigenvalue weighted by molar-refractivity contribution is -0.174. The predicted molar refractivity (Wildman–Crippen MR) is 54.3 cm³/mol. The fourth-order valence-electron chi connectivity index (χ4n) is 1.23. The maximum atomic E-state index is 11.7. The number of nitrogens with one attached hydrogen (secondary N) is 1. The van der Waals surface area contributed by atoms with Gasteiger partial charge < -0.3 is 10.1 Å². The maximum Gasteiger partial charge on any atom is 0.411 e. The molecule has 1 N–H and O–H groups in total. The molecule has 0 bridgehead atoms. The number of aryl methyl sites for hydroxylation is 1. The van der Waals surface area contributed by atoms with Crippen LogP contribution in [0.3, 0.4) is 0 Å². The first-order valence-electron chi connectivity index (χ1n) is 5.19. The minimum Gasteiger partial charge on any atom is -0.372 e. The molecule has 1 rings (SSSR count). The fraction of sp³-hybridized carbons (Fsp3) is 0.778. The van der Waals surface area contributed by atoms with Gasteiger partial charge in [0.25, 0.3) is 0 Å². The van der Waals surface area contributed by atoms with E-state index < -0.39 is 12.8 Å². The molecule has 0 aromatic carbocycles. The van der Waals surface area contributed by atoms with Crippen LogP contribution in [0, 0.1) is 0 Å². The number of halogens is 3. The van der Waals surface area contributed by atoms with E-state index in [4.69, 9.17) is 0 Å². The molecule has 1 aromatic rings. The second-order valence-corrected chi connectivity index (χ2v) is 3.52. The first kappa shape index (κ1) is 13.9. The molecule has 0 radical (unpaired) electrons. The van der Waals surface area contributed by atoms with Crippen molar-refractivity contribution in [2.45, 2.75) is 25.7 Å². The molecule has 0 saturated heterocycles. The highest BCUT2D eigenvalue weighted by atomic mass is 19.4. The predicted octanol–water partition coefficient (Wildman–Crippen LogP) is 0.966. The summed E-state index contributed by atoms with van der Waals surface area (Å²) in [6, 6.07) is 0. The van der Waals surface area contributed by atoms with E-state index in [2.05, 4.69) is 20.4 Å². The van der Waals surface area contributed by atoms with Gasteiger partial charge in [-0.15, -0.1) is 5.10 Å². The standard InChI is InChI=1S/C9H15F3N4O/c1-13-5-8-6-16(15-14-8)3-2-4-17-7-9(10,11)12/h6,13H,2-5,7H2,1H3. The molecule has 5 nitrogen and oxygen atoms in total. The van der Waals surface area contributed by atoms with Gasteiger partial charge in [-0.05, 0) is 13.5 Å². The van der Waals surface area contributed by atoms with Crippen LogP contribution >= 0.6 is 0 Å². The smallest absolute Gasteiger partial charge is 0.372 e. The number of aromatic nitrogens is 3. The molecule has 0 spiro atoms. The molecule has 0 aliphatic carbocycles. The van der Waals surface area contributed by atoms with Crippen LogP contribution in [0.25, 0.3) is 0 Å². The SMILES string of the molecule is CNCc1cn(CCCOCC(F)(F)F)nn1. The van der Waals surface area contributed by atoms with Crippen molar-refractivity contribution in [3.05, 3.63) is 11.9 Å². The van der Waals surface area contributed by atoms with Gasteiger partial charge in [-0.25, -0.2) is 0 Å². The molecule has 0 unspecified atom stereocenters. The van der Waals surface area contributed by atoms with Crippen molar-refractivity contribution in [3.8, 4) is 0 Å². The third kappa shape index (κ3) is 6.22. The summed E-state index contributed by atoms with van der Waals surface area (Å²) in [5, 5.41) is 10.6. The van der Waals surface area contributed by atoms with E-state index in [0.717, 1.165) is 5.69 Å². The molecule has 98 valence electrons. The molecule has 0 saturated carbocycles. The maximum absolute atomic E-state index is 11.7. The monoisotopic (exact) mass is 252 g/mol. The zero-order valence-corrected chi connectivity index (χ0v) is 9.50. The van der Waals surface area contributed by atoms with E-state index in [1.165, 1.54) is 0 Å². The number of rotatable bonds is 7. The van der Waals surface area contributed by atoms with Crippen LogP contribution < -0.4 is 5.32 Å². The Balaban J connectivity index is 2.13. The van der Waals surface area contributed by atoms with Crippen molar-refractivity contribution in [1.82, 2.24) is 20.3 Å². The largest absolute Gasteiger partial charge is 0.411 e. The number of hydrogen-bond donors (Lipinski definition) is 1. The Kier molecular flexibility index (Phi) is 5.36. The highest BCUT2D eigenvalue weighted by Crippen LogP contribution is 2.14. The Labute approximate surface area is 96.9 Å². The average Bonchev–Trinajstić information content (AvgIpc) is 2.64. The minimum atomic E-state index is -4.26. The van der Waals surface area contributed by atoms with Crippen molar-refractivity contribution < 1.29 is 17.9 Å². The summed E-state index contributed by atoms with van der Waals surface area (Å²) in [7, 11) is 1.80. The van der Waals surface area contributed by atoms with Crippen molar-refractivity contribution >= 4 is 0 Å². The lowest BCUT2D eigenvalue weighted by Crippen LogP contribution is -2.17. The van der Waals surface area contributed by atoms with Crippen LogP contribution in [-0.2, 0) is 17.8 Å². The van der Waals surface area contributed by atoms with Gasteiger partial charge in [-0.3, -0.25) is 4.68 Å². The molecule has 8 heteroatoms. The average molecular weight is 252 g/mol. The first-order chi connectivity index (χ1) is 8.01. The molecule has 17 heavy (non-hydrogen) atoms. The van der Waals surface area contributed by atoms with E-state index in [0.29, 0.717) is 19.5 Å². The summed E-state index contributed by atoms with van der Waals surface area (Å²) in [5.41, 5.74) is 0.795. The Bertz CT molecular complexity index is 326. The van der Waals surface area contributed by atoms with Gasteiger partial charge in [-0.2, -0.15) is 13.2 Å². The summed E-state index contributed by atoms with van der Waals surface area (Å²) in [6.45, 7) is -0.0325. The topological polar surface area (TPSA) is 52.0 Å². The van der Waals surface area contributed by atoms with Crippen LogP contribution in [0.4, 0.5) is 13.2 Å². The van der Waals surface area contributed by atoms with Crippen LogP contribution in [-0.4, -0.2) is 41.4 Å². The van der Waals surface area contributed by atoms with E-state index in [9.17, 15) is 13.2 Å². The van der Waals surface area contributed by atoms with E-state index in [-0.39, 0.29) is 6.61 Å². The number of nitrogens with zero attached hydrogens (tertiary/aromatic N) is 3. The second-order valence-electron chi connectivity index (χ2n) is 3.52. The first-order valence-corrected chi connectivity index (χ1v) is 5.19. The second kappa shape index (κ2) is 6.55. The molecule has 1 heterocycles. The van der Waals surface area contributed by atoms with Gasteiger partial charge in [0.15, 0.2) is 0 Å². The highest BCUT2D eigenvalue weighted by molar-refractivity contribution is 4.90. The van der Waals surface area contributed by atoms with Gasteiger partial charge in [0.1, 0.15) is 6.61 Å². The molecular weight excluding hydrogens is 237 g/mol. The molecule has 0 aliphatic rings. The molecule has 0 aliphatic heterocycles. The summed E-state index contributed by atoms with van der Waals surface area (Å²) in [6.07, 6.45) is -2.04. The van der Waals surface area contributed by atoms with Gasteiger partial charge in [0.2, 0.25) is 0 Å². The van der Waals surface area contributed by atoms with Crippen LogP contribution in [0.2, 0.25) is 0 Å². The minimum absolute atomic E-state index is 0.0563. The summed E-state index contributed by atoms with van der Waals surface area (Å²) < 4.78 is 41.3. The Morgan fingerprint density at radius 2 is 2.24 bits per heavy atom. The fourth-order valence-corrected chi connectivity index (χ4v) is 1.23. The Morgan fingerprint density at radius 3 is 2.88 bits per heavy atom. The quantitative estimate of drug-likeness (QED) is 0.735. The lowest BCUT2D eigenvalue weighted by atomic mass is 10.4. The third-order valence-corrected chi connectivity index (χ3v) is 1.89. The number of hydrogen-bond acceptors (Lipinski definition) is 4. The van der Waals surface area contributed by atoms with Gasteiger partial charge in [0, 0.05) is 25.9 Å². The Morgan fingerprint density at radius 1 is 1.47 bits per heavy atom. The zero-order chi connectivity index (χ0) is 12.7. The molecule has 0 fully saturated rings. The third-order valence-electron chi connectivity index (χ3n) is 1.89. The number of ether oxygens (including phenoxy) is 1.